The number of rotatable bonds is 5. The van der Waals surface area contributed by atoms with Gasteiger partial charge in [-0.05, 0) is 12.1 Å². The van der Waals surface area contributed by atoms with E-state index in [9.17, 15) is 13.2 Å². The third-order valence-corrected chi connectivity index (χ3v) is 5.11. The average Bonchev–Trinajstić information content (AvgIpc) is 2.53. The van der Waals surface area contributed by atoms with Gasteiger partial charge in [0.2, 0.25) is 5.91 Å². The van der Waals surface area contributed by atoms with Gasteiger partial charge >= 0.3 is 0 Å². The fourth-order valence-corrected chi connectivity index (χ4v) is 3.43. The van der Waals surface area contributed by atoms with Gasteiger partial charge < -0.3 is 14.7 Å². The smallest absolute Gasteiger partial charge is 0.223 e. The van der Waals surface area contributed by atoms with Gasteiger partial charge in [0, 0.05) is 19.5 Å². The van der Waals surface area contributed by atoms with Gasteiger partial charge in [0.05, 0.1) is 30.0 Å². The van der Waals surface area contributed by atoms with Gasteiger partial charge in [-0.15, -0.1) is 0 Å². The number of carbonyl (C=O) groups excluding carboxylic acids is 1. The highest BCUT2D eigenvalue weighted by atomic mass is 32.2. The van der Waals surface area contributed by atoms with Crippen LogP contribution in [0.25, 0.3) is 0 Å². The van der Waals surface area contributed by atoms with E-state index in [0.717, 1.165) is 0 Å². The molecule has 21 heavy (non-hydrogen) atoms. The van der Waals surface area contributed by atoms with Crippen LogP contribution in [0.4, 0.5) is 0 Å². The molecule has 1 fully saturated rings. The molecule has 0 bridgehead atoms. The number of hydrogen-bond donors (Lipinski definition) is 1. The lowest BCUT2D eigenvalue weighted by Crippen LogP contribution is -2.47. The van der Waals surface area contributed by atoms with Gasteiger partial charge in [-0.25, -0.2) is 8.42 Å². The number of aliphatic hydroxyl groups excluding tert-OH is 1. The van der Waals surface area contributed by atoms with E-state index in [-0.39, 0.29) is 35.7 Å². The van der Waals surface area contributed by atoms with Crippen LogP contribution in [0, 0.1) is 0 Å². The summed E-state index contributed by atoms with van der Waals surface area (Å²) in [5.41, 5.74) is 0. The molecule has 2 rings (SSSR count). The van der Waals surface area contributed by atoms with Crippen molar-refractivity contribution in [3.05, 3.63) is 30.3 Å². The summed E-state index contributed by atoms with van der Waals surface area (Å²) in [4.78, 5) is 13.8. The molecule has 1 saturated heterocycles. The number of carbonyl (C=O) groups is 1. The minimum Gasteiger partial charge on any atom is -0.394 e. The quantitative estimate of drug-likeness (QED) is 0.831. The topological polar surface area (TPSA) is 83.9 Å². The molecule has 1 aromatic carbocycles. The molecule has 116 valence electrons. The maximum absolute atomic E-state index is 12.1. The Hall–Kier alpha value is -1.44. The number of nitrogens with zero attached hydrogens (tertiary/aromatic N) is 1. The largest absolute Gasteiger partial charge is 0.394 e. The predicted octanol–water partition coefficient (Wildman–Crippen LogP) is 0.0701. The van der Waals surface area contributed by atoms with Crippen molar-refractivity contribution in [2.24, 2.45) is 0 Å². The van der Waals surface area contributed by atoms with Crippen LogP contribution in [0.3, 0.4) is 0 Å². The Bertz CT molecular complexity index is 572. The average molecular weight is 313 g/mol. The molecule has 0 aliphatic carbocycles. The number of ether oxygens (including phenoxy) is 1. The summed E-state index contributed by atoms with van der Waals surface area (Å²) in [6.07, 6.45) is -0.441. The molecule has 1 atom stereocenters. The molecule has 1 aliphatic rings. The summed E-state index contributed by atoms with van der Waals surface area (Å²) < 4.78 is 29.5. The highest BCUT2D eigenvalue weighted by Gasteiger charge is 2.25. The summed E-state index contributed by atoms with van der Waals surface area (Å²) in [5.74, 6) is -0.437. The van der Waals surface area contributed by atoms with Crippen LogP contribution in [0.5, 0.6) is 0 Å². The Balaban J connectivity index is 1.92. The van der Waals surface area contributed by atoms with E-state index >= 15 is 0 Å². The van der Waals surface area contributed by atoms with Gasteiger partial charge in [0.1, 0.15) is 0 Å². The first-order valence-corrected chi connectivity index (χ1v) is 8.46. The van der Waals surface area contributed by atoms with Crippen molar-refractivity contribution in [2.45, 2.75) is 17.4 Å². The number of amides is 1. The molecular weight excluding hydrogens is 294 g/mol. The molecular formula is C14H19NO5S. The molecule has 1 heterocycles. The molecule has 0 spiro atoms. The lowest BCUT2D eigenvalue weighted by molar-refractivity contribution is -0.139. The Morgan fingerprint density at radius 3 is 2.71 bits per heavy atom. The Morgan fingerprint density at radius 1 is 1.33 bits per heavy atom. The van der Waals surface area contributed by atoms with Crippen LogP contribution in [0.2, 0.25) is 0 Å². The van der Waals surface area contributed by atoms with Crippen molar-refractivity contribution >= 4 is 15.7 Å². The molecule has 0 saturated carbocycles. The van der Waals surface area contributed by atoms with Gasteiger partial charge in [-0.2, -0.15) is 0 Å². The van der Waals surface area contributed by atoms with E-state index in [4.69, 9.17) is 9.84 Å². The van der Waals surface area contributed by atoms with Gasteiger partial charge in [-0.1, -0.05) is 18.2 Å². The molecule has 0 radical (unpaired) electrons. The highest BCUT2D eigenvalue weighted by Crippen LogP contribution is 2.13. The zero-order chi connectivity index (χ0) is 15.3. The Labute approximate surface area is 124 Å². The van der Waals surface area contributed by atoms with Gasteiger partial charge in [0.25, 0.3) is 0 Å². The van der Waals surface area contributed by atoms with E-state index < -0.39 is 9.84 Å². The fraction of sp³-hybridized carbons (Fsp3) is 0.500. The second-order valence-electron chi connectivity index (χ2n) is 4.90. The van der Waals surface area contributed by atoms with Crippen LogP contribution in [0.1, 0.15) is 6.42 Å². The number of aliphatic hydroxyl groups is 1. The number of hydrogen-bond acceptors (Lipinski definition) is 5. The first kappa shape index (κ1) is 15.9. The fourth-order valence-electron chi connectivity index (χ4n) is 2.18. The van der Waals surface area contributed by atoms with Crippen molar-refractivity contribution in [1.29, 1.82) is 0 Å². The van der Waals surface area contributed by atoms with E-state index in [1.807, 2.05) is 0 Å². The number of morpholine rings is 1. The zero-order valence-corrected chi connectivity index (χ0v) is 12.5. The summed E-state index contributed by atoms with van der Waals surface area (Å²) in [7, 11) is -3.44. The normalized spacial score (nSPS) is 19.5. The molecule has 1 amide bonds. The minimum atomic E-state index is -3.44. The van der Waals surface area contributed by atoms with Crippen LogP contribution < -0.4 is 0 Å². The molecule has 1 aromatic rings. The molecule has 1 unspecified atom stereocenters. The molecule has 6 nitrogen and oxygen atoms in total. The second-order valence-corrected chi connectivity index (χ2v) is 7.01. The Morgan fingerprint density at radius 2 is 2.05 bits per heavy atom. The van der Waals surface area contributed by atoms with E-state index in [1.165, 1.54) is 12.1 Å². The predicted molar refractivity (Wildman–Crippen MR) is 76.5 cm³/mol. The maximum atomic E-state index is 12.1. The summed E-state index contributed by atoms with van der Waals surface area (Å²) in [6.45, 7) is 0.954. The third kappa shape index (κ3) is 4.26. The van der Waals surface area contributed by atoms with Crippen molar-refractivity contribution in [3.63, 3.8) is 0 Å². The lowest BCUT2D eigenvalue weighted by Gasteiger charge is -2.32. The number of sulfone groups is 1. The second kappa shape index (κ2) is 7.02. The third-order valence-electron chi connectivity index (χ3n) is 3.38. The van der Waals surface area contributed by atoms with Crippen molar-refractivity contribution in [2.75, 3.05) is 32.1 Å². The van der Waals surface area contributed by atoms with E-state index in [0.29, 0.717) is 19.7 Å². The van der Waals surface area contributed by atoms with Crippen molar-refractivity contribution in [1.82, 2.24) is 4.90 Å². The SMILES string of the molecule is O=C(CCS(=O)(=O)c1ccccc1)N1CCOC(CO)C1. The molecule has 7 heteroatoms. The van der Waals surface area contributed by atoms with Crippen LogP contribution in [-0.4, -0.2) is 62.5 Å². The minimum absolute atomic E-state index is 0.0601. The van der Waals surface area contributed by atoms with Crippen molar-refractivity contribution in [3.8, 4) is 0 Å². The summed E-state index contributed by atoms with van der Waals surface area (Å²) >= 11 is 0. The van der Waals surface area contributed by atoms with Crippen LogP contribution in [-0.2, 0) is 19.4 Å². The molecule has 1 N–H and O–H groups in total. The summed E-state index contributed by atoms with van der Waals surface area (Å²) in [5, 5.41) is 9.04. The van der Waals surface area contributed by atoms with E-state index in [1.54, 1.807) is 23.1 Å². The Kier molecular flexibility index (Phi) is 5.33. The van der Waals surface area contributed by atoms with Crippen LogP contribution >= 0.6 is 0 Å². The van der Waals surface area contributed by atoms with Gasteiger partial charge in [0.15, 0.2) is 9.84 Å². The lowest BCUT2D eigenvalue weighted by atomic mass is 10.2. The van der Waals surface area contributed by atoms with Crippen molar-refractivity contribution < 1.29 is 23.1 Å². The van der Waals surface area contributed by atoms with E-state index in [2.05, 4.69) is 0 Å². The first-order chi connectivity index (χ1) is 10.0. The standard InChI is InChI=1S/C14H19NO5S/c16-11-12-10-15(7-8-20-12)14(17)6-9-21(18,19)13-4-2-1-3-5-13/h1-5,12,16H,6-11H2. The maximum Gasteiger partial charge on any atom is 0.223 e. The molecule has 1 aliphatic heterocycles. The molecule has 0 aromatic heterocycles. The zero-order valence-electron chi connectivity index (χ0n) is 11.6. The monoisotopic (exact) mass is 313 g/mol. The summed E-state index contributed by atoms with van der Waals surface area (Å²) in [6, 6.07) is 8.10. The number of benzene rings is 1. The first-order valence-electron chi connectivity index (χ1n) is 6.81. The van der Waals surface area contributed by atoms with Crippen LogP contribution in [0.15, 0.2) is 35.2 Å². The van der Waals surface area contributed by atoms with Gasteiger partial charge in [-0.3, -0.25) is 4.79 Å². The highest BCUT2D eigenvalue weighted by molar-refractivity contribution is 7.91.